The van der Waals surface area contributed by atoms with Crippen LogP contribution in [0.2, 0.25) is 0 Å². The minimum atomic E-state index is -0.752. The van der Waals surface area contributed by atoms with Crippen molar-refractivity contribution in [3.63, 3.8) is 0 Å². The highest BCUT2D eigenvalue weighted by molar-refractivity contribution is 6.21. The van der Waals surface area contributed by atoms with Gasteiger partial charge in [-0.25, -0.2) is 4.39 Å². The van der Waals surface area contributed by atoms with Gasteiger partial charge in [-0.1, -0.05) is 13.8 Å². The van der Waals surface area contributed by atoms with Crippen molar-refractivity contribution < 1.29 is 14.3 Å². The summed E-state index contributed by atoms with van der Waals surface area (Å²) in [5.41, 5.74) is -0.101. The lowest BCUT2D eigenvalue weighted by atomic mass is 10.1. The van der Waals surface area contributed by atoms with Gasteiger partial charge < -0.3 is 10.4 Å². The number of alkyl halides is 1. The zero-order valence-electron chi connectivity index (χ0n) is 9.71. The Kier molecular flexibility index (Phi) is 4.75. The van der Waals surface area contributed by atoms with Crippen LogP contribution in [-0.4, -0.2) is 22.9 Å². The summed E-state index contributed by atoms with van der Waals surface area (Å²) in [7, 11) is 0. The quantitative estimate of drug-likeness (QED) is 0.817. The maximum absolute atomic E-state index is 13.3. The predicted molar refractivity (Wildman–Crippen MR) is 64.9 cm³/mol. The third-order valence-electron chi connectivity index (χ3n) is 2.38. The molecule has 0 saturated carbocycles. The van der Waals surface area contributed by atoms with E-state index in [0.29, 0.717) is 0 Å². The molecule has 0 saturated heterocycles. The summed E-state index contributed by atoms with van der Waals surface area (Å²) in [6, 6.07) is 3.40. The van der Waals surface area contributed by atoms with Crippen LogP contribution in [-0.2, 0) is 0 Å². The van der Waals surface area contributed by atoms with Gasteiger partial charge in [0.15, 0.2) is 0 Å². The molecule has 1 unspecified atom stereocenters. The second-order valence-corrected chi connectivity index (χ2v) is 4.69. The topological polar surface area (TPSA) is 49.3 Å². The molecule has 1 aromatic rings. The highest BCUT2D eigenvalue weighted by Gasteiger charge is 2.15. The van der Waals surface area contributed by atoms with Crippen molar-refractivity contribution in [2.45, 2.75) is 19.2 Å². The van der Waals surface area contributed by atoms with Gasteiger partial charge in [0, 0.05) is 12.6 Å². The highest BCUT2D eigenvalue weighted by atomic mass is 35.5. The molecule has 1 rings (SSSR count). The molecule has 0 spiro atoms. The monoisotopic (exact) mass is 259 g/mol. The number of benzene rings is 1. The molecule has 0 aliphatic rings. The molecular weight excluding hydrogens is 245 g/mol. The average molecular weight is 260 g/mol. The van der Waals surface area contributed by atoms with Crippen LogP contribution in [0.1, 0.15) is 24.2 Å². The number of carbonyl (C=O) groups is 1. The van der Waals surface area contributed by atoms with E-state index in [2.05, 4.69) is 5.32 Å². The second kappa shape index (κ2) is 5.87. The van der Waals surface area contributed by atoms with Gasteiger partial charge in [0.1, 0.15) is 11.6 Å². The summed E-state index contributed by atoms with van der Waals surface area (Å²) in [5.74, 6) is -1.27. The Labute approximate surface area is 105 Å². The molecule has 0 radical (unpaired) electrons. The Morgan fingerprint density at radius 3 is 2.71 bits per heavy atom. The van der Waals surface area contributed by atoms with E-state index in [1.54, 1.807) is 0 Å². The van der Waals surface area contributed by atoms with E-state index in [0.717, 1.165) is 6.07 Å². The number of hydrogen-bond donors (Lipinski definition) is 2. The van der Waals surface area contributed by atoms with Crippen molar-refractivity contribution in [1.82, 2.24) is 5.32 Å². The molecule has 94 valence electrons. The number of carbonyl (C=O) groups excluding carboxylic acids is 1. The third-order valence-corrected chi connectivity index (χ3v) is 3.04. The van der Waals surface area contributed by atoms with Gasteiger partial charge in [0.25, 0.3) is 5.91 Å². The van der Waals surface area contributed by atoms with Crippen LogP contribution in [0.4, 0.5) is 4.39 Å². The lowest BCUT2D eigenvalue weighted by Crippen LogP contribution is -2.32. The first kappa shape index (κ1) is 13.8. The fourth-order valence-electron chi connectivity index (χ4n) is 1.21. The van der Waals surface area contributed by atoms with E-state index in [4.69, 9.17) is 16.7 Å². The SMILES string of the molecule is CC(C)C(Cl)CNC(=O)c1ccc(O)cc1F. The van der Waals surface area contributed by atoms with Gasteiger partial charge in [0.2, 0.25) is 0 Å². The number of phenols is 1. The van der Waals surface area contributed by atoms with Crippen LogP contribution in [0.5, 0.6) is 5.75 Å². The van der Waals surface area contributed by atoms with E-state index >= 15 is 0 Å². The number of amides is 1. The molecule has 0 heterocycles. The van der Waals surface area contributed by atoms with Crippen molar-refractivity contribution in [2.24, 2.45) is 5.92 Å². The number of aromatic hydroxyl groups is 1. The van der Waals surface area contributed by atoms with Crippen LogP contribution < -0.4 is 5.32 Å². The van der Waals surface area contributed by atoms with Crippen LogP contribution in [0.3, 0.4) is 0 Å². The molecule has 0 aromatic heterocycles. The molecule has 1 aromatic carbocycles. The highest BCUT2D eigenvalue weighted by Crippen LogP contribution is 2.15. The van der Waals surface area contributed by atoms with E-state index < -0.39 is 11.7 Å². The Balaban J connectivity index is 2.64. The minimum Gasteiger partial charge on any atom is -0.508 e. The standard InChI is InChI=1S/C12H15ClFNO2/c1-7(2)10(13)6-15-12(17)9-4-3-8(16)5-11(9)14/h3-5,7,10,16H,6H2,1-2H3,(H,15,17). The van der Waals surface area contributed by atoms with Gasteiger partial charge in [0.05, 0.1) is 10.9 Å². The number of nitrogens with one attached hydrogen (secondary N) is 1. The zero-order valence-corrected chi connectivity index (χ0v) is 10.5. The van der Waals surface area contributed by atoms with Gasteiger partial charge in [-0.05, 0) is 18.1 Å². The smallest absolute Gasteiger partial charge is 0.254 e. The first-order valence-electron chi connectivity index (χ1n) is 5.32. The van der Waals surface area contributed by atoms with Crippen molar-refractivity contribution in [1.29, 1.82) is 0 Å². The van der Waals surface area contributed by atoms with Crippen molar-refractivity contribution in [3.8, 4) is 5.75 Å². The maximum Gasteiger partial charge on any atom is 0.254 e. The maximum atomic E-state index is 13.3. The summed E-state index contributed by atoms with van der Waals surface area (Å²) >= 11 is 5.96. The summed E-state index contributed by atoms with van der Waals surface area (Å²) in [5, 5.41) is 11.4. The molecule has 1 amide bonds. The molecular formula is C12H15ClFNO2. The molecule has 1 atom stereocenters. The average Bonchev–Trinajstić information content (AvgIpc) is 2.25. The van der Waals surface area contributed by atoms with Crippen molar-refractivity contribution in [2.75, 3.05) is 6.54 Å². The Bertz CT molecular complexity index is 409. The van der Waals surface area contributed by atoms with Gasteiger partial charge >= 0.3 is 0 Å². The normalized spacial score (nSPS) is 12.5. The lowest BCUT2D eigenvalue weighted by molar-refractivity contribution is 0.0948. The Hall–Kier alpha value is -1.29. The molecule has 2 N–H and O–H groups in total. The Morgan fingerprint density at radius 1 is 1.53 bits per heavy atom. The van der Waals surface area contributed by atoms with E-state index in [1.165, 1.54) is 12.1 Å². The lowest BCUT2D eigenvalue weighted by Gasteiger charge is -2.14. The zero-order chi connectivity index (χ0) is 13.0. The second-order valence-electron chi connectivity index (χ2n) is 4.13. The molecule has 3 nitrogen and oxygen atoms in total. The van der Waals surface area contributed by atoms with Crippen molar-refractivity contribution in [3.05, 3.63) is 29.6 Å². The van der Waals surface area contributed by atoms with Crippen LogP contribution in [0.25, 0.3) is 0 Å². The van der Waals surface area contributed by atoms with Gasteiger partial charge in [-0.15, -0.1) is 11.6 Å². The van der Waals surface area contributed by atoms with Crippen LogP contribution >= 0.6 is 11.6 Å². The molecule has 0 aliphatic heterocycles. The molecule has 5 heteroatoms. The number of hydrogen-bond acceptors (Lipinski definition) is 2. The molecule has 0 aliphatic carbocycles. The van der Waals surface area contributed by atoms with Crippen LogP contribution in [0.15, 0.2) is 18.2 Å². The molecule has 17 heavy (non-hydrogen) atoms. The van der Waals surface area contributed by atoms with E-state index in [-0.39, 0.29) is 29.2 Å². The first-order valence-corrected chi connectivity index (χ1v) is 5.76. The fraction of sp³-hybridized carbons (Fsp3) is 0.417. The fourth-order valence-corrected chi connectivity index (χ4v) is 1.29. The summed E-state index contributed by atoms with van der Waals surface area (Å²) < 4.78 is 13.3. The summed E-state index contributed by atoms with van der Waals surface area (Å²) in [6.07, 6.45) is 0. The predicted octanol–water partition coefficient (Wildman–Crippen LogP) is 2.52. The van der Waals surface area contributed by atoms with E-state index in [1.807, 2.05) is 13.8 Å². The minimum absolute atomic E-state index is 0.101. The first-order chi connectivity index (χ1) is 7.91. The number of phenolic OH excluding ortho intramolecular Hbond substituents is 1. The van der Waals surface area contributed by atoms with E-state index in [9.17, 15) is 9.18 Å². The Morgan fingerprint density at radius 2 is 2.18 bits per heavy atom. The third kappa shape index (κ3) is 3.89. The summed E-state index contributed by atoms with van der Waals surface area (Å²) in [4.78, 5) is 11.6. The van der Waals surface area contributed by atoms with Crippen molar-refractivity contribution >= 4 is 17.5 Å². The largest absolute Gasteiger partial charge is 0.508 e. The number of rotatable bonds is 4. The molecule has 0 fully saturated rings. The summed E-state index contributed by atoms with van der Waals surface area (Å²) in [6.45, 7) is 4.15. The van der Waals surface area contributed by atoms with Crippen LogP contribution in [0, 0.1) is 11.7 Å². The number of halogens is 2. The van der Waals surface area contributed by atoms with Gasteiger partial charge in [-0.3, -0.25) is 4.79 Å². The molecule has 0 bridgehead atoms. The van der Waals surface area contributed by atoms with Gasteiger partial charge in [-0.2, -0.15) is 0 Å².